The maximum absolute atomic E-state index is 8.26. The Bertz CT molecular complexity index is 309. The van der Waals surface area contributed by atoms with Gasteiger partial charge in [0.15, 0.2) is 0 Å². The molecule has 4 heteroatoms. The van der Waals surface area contributed by atoms with Crippen molar-refractivity contribution in [2.75, 3.05) is 26.4 Å². The second kappa shape index (κ2) is 8.84. The number of ether oxygens (including phenoxy) is 2. The molecule has 1 aromatic heterocycles. The topological polar surface area (TPSA) is 55.1 Å². The van der Waals surface area contributed by atoms with E-state index in [1.54, 1.807) is 6.20 Å². The molecule has 0 aliphatic rings. The zero-order valence-electron chi connectivity index (χ0n) is 9.26. The van der Waals surface area contributed by atoms with Crippen LogP contribution in [0.25, 0.3) is 0 Å². The molecule has 86 valence electrons. The number of rotatable bonds is 8. The zero-order chi connectivity index (χ0) is 11.5. The van der Waals surface area contributed by atoms with Crippen molar-refractivity contribution in [1.82, 2.24) is 4.98 Å². The van der Waals surface area contributed by atoms with Gasteiger partial charge in [0.25, 0.3) is 0 Å². The summed E-state index contributed by atoms with van der Waals surface area (Å²) in [7, 11) is 0. The fraction of sp³-hybridized carbons (Fsp3) is 0.500. The van der Waals surface area contributed by atoms with Gasteiger partial charge in [-0.3, -0.25) is 4.98 Å². The van der Waals surface area contributed by atoms with Crippen LogP contribution in [0.3, 0.4) is 0 Å². The molecular formula is C12H16N2O2. The molecule has 4 nitrogen and oxygen atoms in total. The smallest absolute Gasteiger partial charge is 0.0700 e. The predicted octanol–water partition coefficient (Wildman–Crippen LogP) is 1.57. The Balaban J connectivity index is 1.91. The normalized spacial score (nSPS) is 9.94. The van der Waals surface area contributed by atoms with Gasteiger partial charge in [-0.05, 0) is 12.1 Å². The molecule has 0 unspecified atom stereocenters. The van der Waals surface area contributed by atoms with Crippen LogP contribution < -0.4 is 0 Å². The lowest BCUT2D eigenvalue weighted by Gasteiger charge is -2.04. The Morgan fingerprint density at radius 1 is 1.12 bits per heavy atom. The van der Waals surface area contributed by atoms with E-state index >= 15 is 0 Å². The molecule has 0 aromatic carbocycles. The lowest BCUT2D eigenvalue weighted by atomic mass is 10.3. The lowest BCUT2D eigenvalue weighted by Crippen LogP contribution is -2.07. The molecule has 1 heterocycles. The van der Waals surface area contributed by atoms with Crippen LogP contribution in [0.5, 0.6) is 0 Å². The van der Waals surface area contributed by atoms with E-state index in [9.17, 15) is 0 Å². The highest BCUT2D eigenvalue weighted by Gasteiger charge is 1.93. The first kappa shape index (κ1) is 12.6. The maximum atomic E-state index is 8.26. The van der Waals surface area contributed by atoms with Crippen LogP contribution in [0.1, 0.15) is 12.1 Å². The van der Waals surface area contributed by atoms with Crippen molar-refractivity contribution in [3.8, 4) is 6.07 Å². The van der Waals surface area contributed by atoms with Gasteiger partial charge in [0, 0.05) is 18.3 Å². The van der Waals surface area contributed by atoms with Gasteiger partial charge in [0.2, 0.25) is 0 Å². The first-order chi connectivity index (χ1) is 7.93. The summed E-state index contributed by atoms with van der Waals surface area (Å²) in [6.45, 7) is 2.25. The van der Waals surface area contributed by atoms with E-state index in [-0.39, 0.29) is 0 Å². The Kier molecular flexibility index (Phi) is 6.97. The first-order valence-corrected chi connectivity index (χ1v) is 5.36. The van der Waals surface area contributed by atoms with Crippen LogP contribution >= 0.6 is 0 Å². The molecule has 0 amide bonds. The van der Waals surface area contributed by atoms with Gasteiger partial charge in [0.05, 0.1) is 38.9 Å². The van der Waals surface area contributed by atoms with Crippen LogP contribution in [-0.4, -0.2) is 31.4 Å². The van der Waals surface area contributed by atoms with Gasteiger partial charge < -0.3 is 9.47 Å². The van der Waals surface area contributed by atoms with Crippen LogP contribution in [0.2, 0.25) is 0 Å². The molecule has 0 saturated heterocycles. The molecule has 0 spiro atoms. The average Bonchev–Trinajstić information content (AvgIpc) is 2.34. The highest BCUT2D eigenvalue weighted by Crippen LogP contribution is 1.94. The van der Waals surface area contributed by atoms with E-state index in [1.807, 2.05) is 24.3 Å². The molecule has 0 aliphatic heterocycles. The summed E-state index contributed by atoms with van der Waals surface area (Å²) in [5, 5.41) is 8.26. The molecule has 0 N–H and O–H groups in total. The van der Waals surface area contributed by atoms with E-state index < -0.39 is 0 Å². The van der Waals surface area contributed by atoms with Gasteiger partial charge in [0.1, 0.15) is 0 Å². The zero-order valence-corrected chi connectivity index (χ0v) is 9.26. The largest absolute Gasteiger partial charge is 0.379 e. The Hall–Kier alpha value is -1.44. The minimum Gasteiger partial charge on any atom is -0.379 e. The van der Waals surface area contributed by atoms with Gasteiger partial charge in [-0.25, -0.2) is 0 Å². The SMILES string of the molecule is N#CCCOCCOCCc1ccccn1. The highest BCUT2D eigenvalue weighted by molar-refractivity contribution is 5.03. The minimum absolute atomic E-state index is 0.438. The Morgan fingerprint density at radius 2 is 1.94 bits per heavy atom. The van der Waals surface area contributed by atoms with Crippen molar-refractivity contribution < 1.29 is 9.47 Å². The predicted molar refractivity (Wildman–Crippen MR) is 59.8 cm³/mol. The van der Waals surface area contributed by atoms with Crippen molar-refractivity contribution >= 4 is 0 Å². The standard InChI is InChI=1S/C12H16N2O2/c13-6-3-8-15-10-11-16-9-5-12-4-1-2-7-14-12/h1-2,4,7H,3,5,8-11H2. The Labute approximate surface area is 95.8 Å². The molecule has 0 radical (unpaired) electrons. The summed E-state index contributed by atoms with van der Waals surface area (Å²) in [5.74, 6) is 0. The third-order valence-electron chi connectivity index (χ3n) is 1.96. The fourth-order valence-corrected chi connectivity index (χ4v) is 1.16. The second-order valence-corrected chi connectivity index (χ2v) is 3.20. The summed E-state index contributed by atoms with van der Waals surface area (Å²) in [5.41, 5.74) is 1.04. The van der Waals surface area contributed by atoms with Crippen LogP contribution in [-0.2, 0) is 15.9 Å². The maximum Gasteiger partial charge on any atom is 0.0700 e. The van der Waals surface area contributed by atoms with Gasteiger partial charge in [-0.2, -0.15) is 5.26 Å². The molecule has 0 bridgehead atoms. The third kappa shape index (κ3) is 6.12. The number of hydrogen-bond donors (Lipinski definition) is 0. The van der Waals surface area contributed by atoms with Crippen molar-refractivity contribution in [1.29, 1.82) is 5.26 Å². The molecule has 16 heavy (non-hydrogen) atoms. The lowest BCUT2D eigenvalue weighted by molar-refractivity contribution is 0.0508. The van der Waals surface area contributed by atoms with E-state index in [2.05, 4.69) is 4.98 Å². The fourth-order valence-electron chi connectivity index (χ4n) is 1.16. The number of nitrogens with zero attached hydrogens (tertiary/aromatic N) is 2. The molecule has 0 atom stereocenters. The number of pyridine rings is 1. The van der Waals surface area contributed by atoms with E-state index in [0.29, 0.717) is 32.8 Å². The number of aromatic nitrogens is 1. The van der Waals surface area contributed by atoms with Gasteiger partial charge >= 0.3 is 0 Å². The molecular weight excluding hydrogens is 204 g/mol. The summed E-state index contributed by atoms with van der Waals surface area (Å²) in [4.78, 5) is 4.19. The first-order valence-electron chi connectivity index (χ1n) is 5.36. The summed E-state index contributed by atoms with van der Waals surface area (Å²) >= 11 is 0. The van der Waals surface area contributed by atoms with E-state index in [0.717, 1.165) is 12.1 Å². The number of hydrogen-bond acceptors (Lipinski definition) is 4. The van der Waals surface area contributed by atoms with Crippen molar-refractivity contribution in [2.24, 2.45) is 0 Å². The van der Waals surface area contributed by atoms with Crippen molar-refractivity contribution in [3.63, 3.8) is 0 Å². The number of nitriles is 1. The Morgan fingerprint density at radius 3 is 2.62 bits per heavy atom. The minimum atomic E-state index is 0.438. The van der Waals surface area contributed by atoms with E-state index in [1.165, 1.54) is 0 Å². The monoisotopic (exact) mass is 220 g/mol. The van der Waals surface area contributed by atoms with Crippen molar-refractivity contribution in [3.05, 3.63) is 30.1 Å². The molecule has 0 fully saturated rings. The van der Waals surface area contributed by atoms with E-state index in [4.69, 9.17) is 14.7 Å². The van der Waals surface area contributed by atoms with Gasteiger partial charge in [-0.15, -0.1) is 0 Å². The average molecular weight is 220 g/mol. The van der Waals surface area contributed by atoms with Crippen LogP contribution in [0.15, 0.2) is 24.4 Å². The quantitative estimate of drug-likeness (QED) is 0.624. The van der Waals surface area contributed by atoms with Crippen LogP contribution in [0.4, 0.5) is 0 Å². The molecule has 0 aliphatic carbocycles. The summed E-state index contributed by atoms with van der Waals surface area (Å²) in [6.07, 6.45) is 3.04. The molecule has 1 aromatic rings. The van der Waals surface area contributed by atoms with Gasteiger partial charge in [-0.1, -0.05) is 6.07 Å². The molecule has 1 rings (SSSR count). The summed E-state index contributed by atoms with van der Waals surface area (Å²) in [6, 6.07) is 7.86. The highest BCUT2D eigenvalue weighted by atomic mass is 16.5. The van der Waals surface area contributed by atoms with Crippen molar-refractivity contribution in [2.45, 2.75) is 12.8 Å². The second-order valence-electron chi connectivity index (χ2n) is 3.20. The van der Waals surface area contributed by atoms with Crippen LogP contribution in [0, 0.1) is 11.3 Å². The third-order valence-corrected chi connectivity index (χ3v) is 1.96. The molecule has 0 saturated carbocycles. The summed E-state index contributed by atoms with van der Waals surface area (Å²) < 4.78 is 10.5.